The molecule has 2 aromatic rings. The summed E-state index contributed by atoms with van der Waals surface area (Å²) in [7, 11) is 1.47. The SMILES string of the molecule is COc1ccc(/C=N/NC(=O)Cn2nc(C)cc2C)cc1O. The van der Waals surface area contributed by atoms with Crippen molar-refractivity contribution in [2.45, 2.75) is 20.4 Å². The average molecular weight is 302 g/mol. The lowest BCUT2D eigenvalue weighted by molar-refractivity contribution is -0.121. The van der Waals surface area contributed by atoms with E-state index in [0.29, 0.717) is 11.3 Å². The molecule has 116 valence electrons. The summed E-state index contributed by atoms with van der Waals surface area (Å²) < 4.78 is 6.56. The van der Waals surface area contributed by atoms with E-state index in [1.54, 1.807) is 16.8 Å². The molecule has 7 heteroatoms. The molecule has 2 rings (SSSR count). The molecule has 22 heavy (non-hydrogen) atoms. The van der Waals surface area contributed by atoms with Gasteiger partial charge in [-0.25, -0.2) is 5.43 Å². The van der Waals surface area contributed by atoms with Crippen LogP contribution in [0.25, 0.3) is 0 Å². The highest BCUT2D eigenvalue weighted by Gasteiger charge is 2.06. The van der Waals surface area contributed by atoms with Crippen LogP contribution < -0.4 is 10.2 Å². The number of aromatic nitrogens is 2. The van der Waals surface area contributed by atoms with Crippen LogP contribution in [0.5, 0.6) is 11.5 Å². The highest BCUT2D eigenvalue weighted by molar-refractivity contribution is 5.83. The summed E-state index contributed by atoms with van der Waals surface area (Å²) in [6.07, 6.45) is 1.44. The number of rotatable bonds is 5. The van der Waals surface area contributed by atoms with Crippen LogP contribution in [0.4, 0.5) is 0 Å². The molecule has 0 unspecified atom stereocenters. The maximum Gasteiger partial charge on any atom is 0.261 e. The number of nitrogens with one attached hydrogen (secondary N) is 1. The number of aromatic hydroxyl groups is 1. The maximum atomic E-state index is 11.8. The largest absolute Gasteiger partial charge is 0.504 e. The number of aryl methyl sites for hydroxylation is 2. The van der Waals surface area contributed by atoms with Gasteiger partial charge < -0.3 is 9.84 Å². The number of carbonyl (C=O) groups is 1. The molecule has 0 spiro atoms. The smallest absolute Gasteiger partial charge is 0.261 e. The van der Waals surface area contributed by atoms with Gasteiger partial charge in [-0.2, -0.15) is 10.2 Å². The summed E-state index contributed by atoms with van der Waals surface area (Å²) in [5, 5.41) is 17.7. The Morgan fingerprint density at radius 3 is 2.82 bits per heavy atom. The first-order valence-electron chi connectivity index (χ1n) is 6.69. The second kappa shape index (κ2) is 6.75. The molecule has 7 nitrogen and oxygen atoms in total. The van der Waals surface area contributed by atoms with Crippen molar-refractivity contribution in [3.05, 3.63) is 41.2 Å². The zero-order valence-corrected chi connectivity index (χ0v) is 12.7. The van der Waals surface area contributed by atoms with Crippen molar-refractivity contribution < 1.29 is 14.6 Å². The third kappa shape index (κ3) is 3.85. The topological polar surface area (TPSA) is 88.7 Å². The van der Waals surface area contributed by atoms with Crippen molar-refractivity contribution in [3.63, 3.8) is 0 Å². The highest BCUT2D eigenvalue weighted by Crippen LogP contribution is 2.25. The van der Waals surface area contributed by atoms with Gasteiger partial charge in [-0.1, -0.05) is 0 Å². The zero-order valence-electron chi connectivity index (χ0n) is 12.7. The predicted octanol–water partition coefficient (Wildman–Crippen LogP) is 1.36. The number of hydrogen-bond donors (Lipinski definition) is 2. The number of nitrogens with zero attached hydrogens (tertiary/aromatic N) is 3. The van der Waals surface area contributed by atoms with Crippen molar-refractivity contribution >= 4 is 12.1 Å². The van der Waals surface area contributed by atoms with E-state index >= 15 is 0 Å². The molecule has 0 saturated heterocycles. The second-order valence-corrected chi connectivity index (χ2v) is 4.81. The van der Waals surface area contributed by atoms with Gasteiger partial charge in [-0.3, -0.25) is 9.48 Å². The minimum absolute atomic E-state index is 0.0143. The van der Waals surface area contributed by atoms with Crippen LogP contribution in [-0.2, 0) is 11.3 Å². The number of phenolic OH excluding ortho intramolecular Hbond substituents is 1. The van der Waals surface area contributed by atoms with E-state index in [0.717, 1.165) is 11.4 Å². The van der Waals surface area contributed by atoms with Gasteiger partial charge >= 0.3 is 0 Å². The first kappa shape index (κ1) is 15.6. The standard InChI is InChI=1S/C15H18N4O3/c1-10-6-11(2)19(18-10)9-15(21)17-16-8-12-4-5-14(22-3)13(20)7-12/h4-8,20H,9H2,1-3H3,(H,17,21)/b16-8+. The van der Waals surface area contributed by atoms with E-state index in [1.165, 1.54) is 19.4 Å². The van der Waals surface area contributed by atoms with Crippen LogP contribution in [0.3, 0.4) is 0 Å². The Balaban J connectivity index is 1.93. The summed E-state index contributed by atoms with van der Waals surface area (Å²) in [4.78, 5) is 11.8. The number of benzene rings is 1. The van der Waals surface area contributed by atoms with E-state index in [2.05, 4.69) is 15.6 Å². The van der Waals surface area contributed by atoms with Crippen molar-refractivity contribution in [2.24, 2.45) is 5.10 Å². The third-order valence-electron chi connectivity index (χ3n) is 3.00. The number of phenols is 1. The molecule has 2 N–H and O–H groups in total. The Bertz CT molecular complexity index is 707. The number of amides is 1. The van der Waals surface area contributed by atoms with Gasteiger partial charge in [-0.05, 0) is 43.7 Å². The second-order valence-electron chi connectivity index (χ2n) is 4.81. The van der Waals surface area contributed by atoms with Crippen molar-refractivity contribution in [2.75, 3.05) is 7.11 Å². The van der Waals surface area contributed by atoms with Gasteiger partial charge in [0.15, 0.2) is 11.5 Å². The van der Waals surface area contributed by atoms with Crippen LogP contribution in [0.15, 0.2) is 29.4 Å². The third-order valence-corrected chi connectivity index (χ3v) is 3.00. The number of ether oxygens (including phenoxy) is 1. The van der Waals surface area contributed by atoms with Crippen LogP contribution >= 0.6 is 0 Å². The minimum Gasteiger partial charge on any atom is -0.504 e. The Morgan fingerprint density at radius 2 is 2.23 bits per heavy atom. The fourth-order valence-electron chi connectivity index (χ4n) is 1.97. The Kier molecular flexibility index (Phi) is 4.77. The first-order valence-corrected chi connectivity index (χ1v) is 6.69. The van der Waals surface area contributed by atoms with Crippen molar-refractivity contribution in [3.8, 4) is 11.5 Å². The number of hydrogen-bond acceptors (Lipinski definition) is 5. The highest BCUT2D eigenvalue weighted by atomic mass is 16.5. The fraction of sp³-hybridized carbons (Fsp3) is 0.267. The lowest BCUT2D eigenvalue weighted by atomic mass is 10.2. The molecule has 0 aliphatic rings. The quantitative estimate of drug-likeness (QED) is 0.645. The predicted molar refractivity (Wildman–Crippen MR) is 82.1 cm³/mol. The van der Waals surface area contributed by atoms with E-state index in [1.807, 2.05) is 19.9 Å². The molecule has 1 amide bonds. The minimum atomic E-state index is -0.278. The van der Waals surface area contributed by atoms with Crippen LogP contribution in [-0.4, -0.2) is 34.1 Å². The monoisotopic (exact) mass is 302 g/mol. The van der Waals surface area contributed by atoms with E-state index in [4.69, 9.17) is 4.74 Å². The van der Waals surface area contributed by atoms with Gasteiger partial charge in [-0.15, -0.1) is 0 Å². The molecule has 1 aromatic heterocycles. The fourth-order valence-corrected chi connectivity index (χ4v) is 1.97. The van der Waals surface area contributed by atoms with Gasteiger partial charge in [0, 0.05) is 5.69 Å². The van der Waals surface area contributed by atoms with Crippen LogP contribution in [0.1, 0.15) is 17.0 Å². The van der Waals surface area contributed by atoms with Crippen molar-refractivity contribution in [1.29, 1.82) is 0 Å². The van der Waals surface area contributed by atoms with E-state index < -0.39 is 0 Å². The number of hydrazone groups is 1. The molecule has 0 atom stereocenters. The summed E-state index contributed by atoms with van der Waals surface area (Å²) >= 11 is 0. The zero-order chi connectivity index (χ0) is 16.1. The van der Waals surface area contributed by atoms with Crippen molar-refractivity contribution in [1.82, 2.24) is 15.2 Å². The molecule has 0 saturated carbocycles. The summed E-state index contributed by atoms with van der Waals surface area (Å²) in [5.74, 6) is 0.117. The van der Waals surface area contributed by atoms with Gasteiger partial charge in [0.05, 0.1) is 19.0 Å². The summed E-state index contributed by atoms with van der Waals surface area (Å²) in [6.45, 7) is 3.86. The maximum absolute atomic E-state index is 11.8. The average Bonchev–Trinajstić information content (AvgIpc) is 2.77. The first-order chi connectivity index (χ1) is 10.5. The molecule has 0 fully saturated rings. The van der Waals surface area contributed by atoms with Crippen LogP contribution in [0, 0.1) is 13.8 Å². The molecule has 0 aliphatic heterocycles. The lowest BCUT2D eigenvalue weighted by Crippen LogP contribution is -2.24. The van der Waals surface area contributed by atoms with Gasteiger partial charge in [0.2, 0.25) is 0 Å². The van der Waals surface area contributed by atoms with E-state index in [-0.39, 0.29) is 18.2 Å². The van der Waals surface area contributed by atoms with Crippen LogP contribution in [0.2, 0.25) is 0 Å². The summed E-state index contributed by atoms with van der Waals surface area (Å²) in [6, 6.07) is 6.73. The molecule has 1 aromatic carbocycles. The Morgan fingerprint density at radius 1 is 1.45 bits per heavy atom. The summed E-state index contributed by atoms with van der Waals surface area (Å²) in [5.41, 5.74) is 4.84. The molecular formula is C15H18N4O3. The lowest BCUT2D eigenvalue weighted by Gasteiger charge is -2.04. The molecule has 0 radical (unpaired) electrons. The molecule has 0 bridgehead atoms. The molecular weight excluding hydrogens is 284 g/mol. The van der Waals surface area contributed by atoms with Gasteiger partial charge in [0.25, 0.3) is 5.91 Å². The molecule has 1 heterocycles. The number of methoxy groups -OCH3 is 1. The Labute approximate surface area is 128 Å². The Hall–Kier alpha value is -2.83. The van der Waals surface area contributed by atoms with Gasteiger partial charge in [0.1, 0.15) is 6.54 Å². The molecule has 0 aliphatic carbocycles. The normalized spacial score (nSPS) is 10.9. The number of carbonyl (C=O) groups excluding carboxylic acids is 1. The van der Waals surface area contributed by atoms with E-state index in [9.17, 15) is 9.90 Å².